The molecule has 6 nitrogen and oxygen atoms in total. The van der Waals surface area contributed by atoms with E-state index in [1.54, 1.807) is 0 Å². The lowest BCUT2D eigenvalue weighted by Crippen LogP contribution is -2.31. The molecule has 0 heterocycles. The highest BCUT2D eigenvalue weighted by Gasteiger charge is 2.02. The third kappa shape index (κ3) is 8.70. The number of hydrogen-bond donors (Lipinski definition) is 3. The summed E-state index contributed by atoms with van der Waals surface area (Å²) in [4.78, 5) is 1.94. The van der Waals surface area contributed by atoms with Gasteiger partial charge in [0.15, 0.2) is 0 Å². The van der Waals surface area contributed by atoms with E-state index in [4.69, 9.17) is 15.5 Å². The summed E-state index contributed by atoms with van der Waals surface area (Å²) in [6, 6.07) is 0. The largest absolute Gasteiger partial charge is 0.395 e. The molecule has 0 saturated heterocycles. The van der Waals surface area contributed by atoms with Crippen LogP contribution in [-0.4, -0.2) is 59.0 Å². The van der Waals surface area contributed by atoms with Crippen molar-refractivity contribution in [2.75, 3.05) is 38.6 Å². The number of aliphatic hydroxyl groups excluding tert-OH is 2. The quantitative estimate of drug-likeness (QED) is 0.205. The van der Waals surface area contributed by atoms with Crippen LogP contribution in [0.4, 0.5) is 0 Å². The van der Waals surface area contributed by atoms with Gasteiger partial charge in [-0.1, -0.05) is 5.04 Å². The van der Waals surface area contributed by atoms with Gasteiger partial charge in [0.05, 0.1) is 13.2 Å². The fraction of sp³-hybridized carbons (Fsp3) is 1.00. The van der Waals surface area contributed by atoms with Crippen LogP contribution in [-0.2, 0) is 9.37 Å². The topological polar surface area (TPSA) is 82.4 Å². The van der Waals surface area contributed by atoms with Crippen LogP contribution in [0.15, 0.2) is 0 Å². The van der Waals surface area contributed by atoms with Gasteiger partial charge in [-0.05, 0) is 13.0 Å². The maximum absolute atomic E-state index is 8.70. The molecule has 0 rings (SSSR count). The molecule has 0 atom stereocenters. The molecule has 14 heavy (non-hydrogen) atoms. The Kier molecular flexibility index (Phi) is 11.3. The molecule has 0 fully saturated rings. The van der Waals surface area contributed by atoms with Crippen molar-refractivity contribution in [3.05, 3.63) is 0 Å². The predicted molar refractivity (Wildman–Crippen MR) is 52.5 cm³/mol. The minimum absolute atomic E-state index is 0.0867. The predicted octanol–water partition coefficient (Wildman–Crippen LogP) is -0.268. The lowest BCUT2D eigenvalue weighted by atomic mass is 10.4. The highest BCUT2D eigenvalue weighted by Crippen LogP contribution is 2.04. The van der Waals surface area contributed by atoms with Gasteiger partial charge in [0.25, 0.3) is 0 Å². The van der Waals surface area contributed by atoms with Crippen molar-refractivity contribution in [3.63, 3.8) is 0 Å². The van der Waals surface area contributed by atoms with E-state index in [0.29, 0.717) is 18.8 Å². The van der Waals surface area contributed by atoms with Gasteiger partial charge < -0.3 is 10.2 Å². The average Bonchev–Trinajstić information content (AvgIpc) is 2.18. The van der Waals surface area contributed by atoms with Crippen LogP contribution in [0.2, 0.25) is 0 Å². The number of nitrogens with zero attached hydrogens (tertiary/aromatic N) is 1. The molecule has 86 valence electrons. The highest BCUT2D eigenvalue weighted by atomic mass is 32.2. The van der Waals surface area contributed by atoms with Crippen LogP contribution >= 0.6 is 12.0 Å². The average molecular weight is 227 g/mol. The molecule has 7 heteroatoms. The molecule has 0 aromatic carbocycles. The van der Waals surface area contributed by atoms with E-state index in [1.807, 2.05) is 4.90 Å². The molecule has 0 saturated carbocycles. The maximum Gasteiger partial charge on any atom is 0.0558 e. The Morgan fingerprint density at radius 3 is 2.21 bits per heavy atom. The Morgan fingerprint density at radius 2 is 1.71 bits per heavy atom. The second-order valence-electron chi connectivity index (χ2n) is 2.61. The summed E-state index contributed by atoms with van der Waals surface area (Å²) in [6.07, 6.45) is 0.827. The van der Waals surface area contributed by atoms with Gasteiger partial charge in [-0.3, -0.25) is 4.90 Å². The molecule has 0 aromatic rings. The molecule has 3 N–H and O–H groups in total. The van der Waals surface area contributed by atoms with Crippen molar-refractivity contribution in [2.45, 2.75) is 6.42 Å². The van der Waals surface area contributed by atoms with Crippen LogP contribution < -0.4 is 0 Å². The summed E-state index contributed by atoms with van der Waals surface area (Å²) in [5.74, 6) is 0.675. The number of aliphatic hydroxyl groups is 2. The first-order chi connectivity index (χ1) is 6.85. The van der Waals surface area contributed by atoms with Gasteiger partial charge in [0.1, 0.15) is 0 Å². The van der Waals surface area contributed by atoms with Crippen LogP contribution in [0.3, 0.4) is 0 Å². The van der Waals surface area contributed by atoms with Gasteiger partial charge in [-0.2, -0.15) is 0 Å². The zero-order chi connectivity index (χ0) is 10.6. The van der Waals surface area contributed by atoms with Crippen LogP contribution in [0.25, 0.3) is 0 Å². The van der Waals surface area contributed by atoms with Crippen molar-refractivity contribution >= 4 is 12.0 Å². The molecule has 0 aliphatic heterocycles. The fourth-order valence-corrected chi connectivity index (χ4v) is 1.38. The second-order valence-corrected chi connectivity index (χ2v) is 3.39. The lowest BCUT2D eigenvalue weighted by Gasteiger charge is -2.19. The smallest absolute Gasteiger partial charge is 0.0558 e. The Morgan fingerprint density at radius 1 is 1.07 bits per heavy atom. The Hall–Kier alpha value is 0.110. The first-order valence-electron chi connectivity index (χ1n) is 4.39. The first-order valence-corrected chi connectivity index (χ1v) is 5.30. The third-order valence-electron chi connectivity index (χ3n) is 1.61. The van der Waals surface area contributed by atoms with E-state index in [9.17, 15) is 0 Å². The van der Waals surface area contributed by atoms with E-state index in [-0.39, 0.29) is 13.2 Å². The zero-order valence-corrected chi connectivity index (χ0v) is 8.78. The minimum atomic E-state index is 0.0867. The van der Waals surface area contributed by atoms with Gasteiger partial charge in [0, 0.05) is 30.9 Å². The molecular weight excluding hydrogens is 210 g/mol. The summed E-state index contributed by atoms with van der Waals surface area (Å²) in [5, 5.41) is 28.6. The standard InChI is InChI=1S/C7H17NO5S/c9-5-3-8(4-6-10)2-1-7-14-13-12-11/h9-11H,1-7H2. The fourth-order valence-electron chi connectivity index (χ4n) is 1.02. The molecule has 0 unspecified atom stereocenters. The Labute approximate surface area is 87.5 Å². The van der Waals surface area contributed by atoms with Crippen LogP contribution in [0, 0.1) is 0 Å². The van der Waals surface area contributed by atoms with Crippen molar-refractivity contribution in [1.29, 1.82) is 0 Å². The summed E-state index contributed by atoms with van der Waals surface area (Å²) < 4.78 is 4.19. The summed E-state index contributed by atoms with van der Waals surface area (Å²) in [5.41, 5.74) is 0. The van der Waals surface area contributed by atoms with Crippen LogP contribution in [0.1, 0.15) is 6.42 Å². The third-order valence-corrected chi connectivity index (χ3v) is 2.23. The lowest BCUT2D eigenvalue weighted by molar-refractivity contribution is -0.432. The van der Waals surface area contributed by atoms with Gasteiger partial charge in [0.2, 0.25) is 0 Å². The molecule has 0 aliphatic carbocycles. The van der Waals surface area contributed by atoms with Crippen LogP contribution in [0.5, 0.6) is 0 Å². The molecule has 0 amide bonds. The van der Waals surface area contributed by atoms with Gasteiger partial charge in [-0.15, -0.1) is 4.33 Å². The van der Waals surface area contributed by atoms with Gasteiger partial charge in [-0.25, -0.2) is 5.26 Å². The molecule has 0 aromatic heterocycles. The van der Waals surface area contributed by atoms with Crippen molar-refractivity contribution in [3.8, 4) is 0 Å². The molecule has 0 radical (unpaired) electrons. The first kappa shape index (κ1) is 14.1. The van der Waals surface area contributed by atoms with E-state index in [2.05, 4.69) is 9.37 Å². The van der Waals surface area contributed by atoms with Crippen molar-refractivity contribution < 1.29 is 24.8 Å². The molecule has 0 bridgehead atoms. The number of hydrogen-bond acceptors (Lipinski definition) is 7. The van der Waals surface area contributed by atoms with E-state index in [1.165, 1.54) is 0 Å². The maximum atomic E-state index is 8.70. The molecule has 0 aliphatic rings. The Balaban J connectivity index is 3.30. The minimum Gasteiger partial charge on any atom is -0.395 e. The highest BCUT2D eigenvalue weighted by molar-refractivity contribution is 7.94. The Bertz CT molecular complexity index is 112. The van der Waals surface area contributed by atoms with Gasteiger partial charge >= 0.3 is 0 Å². The van der Waals surface area contributed by atoms with E-state index < -0.39 is 0 Å². The summed E-state index contributed by atoms with van der Waals surface area (Å²) >= 11 is 1.01. The monoisotopic (exact) mass is 227 g/mol. The number of rotatable bonds is 10. The van der Waals surface area contributed by atoms with E-state index in [0.717, 1.165) is 25.0 Å². The van der Waals surface area contributed by atoms with Crippen molar-refractivity contribution in [2.24, 2.45) is 0 Å². The summed E-state index contributed by atoms with van der Waals surface area (Å²) in [6.45, 7) is 2.06. The van der Waals surface area contributed by atoms with E-state index >= 15 is 0 Å². The van der Waals surface area contributed by atoms with Crippen molar-refractivity contribution in [1.82, 2.24) is 4.90 Å². The SMILES string of the molecule is OCCN(CCO)CCCSOOO. The molecule has 0 spiro atoms. The zero-order valence-electron chi connectivity index (χ0n) is 7.96. The summed E-state index contributed by atoms with van der Waals surface area (Å²) in [7, 11) is 0. The normalized spacial score (nSPS) is 11.1. The molecular formula is C7H17NO5S. The second kappa shape index (κ2) is 11.2.